The van der Waals surface area contributed by atoms with Gasteiger partial charge in [-0.2, -0.15) is 5.01 Å². The molecule has 0 aliphatic heterocycles. The van der Waals surface area contributed by atoms with Crippen molar-refractivity contribution in [2.24, 2.45) is 0 Å². The number of rotatable bonds is 5. The molecule has 3 aromatic rings. The lowest BCUT2D eigenvalue weighted by Gasteiger charge is -2.19. The summed E-state index contributed by atoms with van der Waals surface area (Å²) < 4.78 is 0. The fourth-order valence-electron chi connectivity index (χ4n) is 2.45. The minimum atomic E-state index is -1.30. The number of nitrogens with one attached hydrogen (secondary N) is 1. The van der Waals surface area contributed by atoms with Gasteiger partial charge in [-0.1, -0.05) is 42.5 Å². The molecule has 2 amide bonds. The number of anilines is 1. The molecule has 0 spiro atoms. The summed E-state index contributed by atoms with van der Waals surface area (Å²) in [4.78, 5) is 35.4. The van der Waals surface area contributed by atoms with Crippen molar-refractivity contribution >= 4 is 41.4 Å². The number of carboxylic acid groups (broad SMARTS) is 1. The van der Waals surface area contributed by atoms with E-state index in [-0.39, 0.29) is 0 Å². The zero-order valence-electron chi connectivity index (χ0n) is 14.6. The molecule has 28 heavy (non-hydrogen) atoms. The van der Waals surface area contributed by atoms with Crippen LogP contribution in [0, 0.1) is 0 Å². The van der Waals surface area contributed by atoms with Gasteiger partial charge in [0, 0.05) is 16.5 Å². The molecule has 0 aliphatic rings. The molecule has 1 heterocycles. The fraction of sp³-hybridized carbons (Fsp3) is 0. The number of amides is 2. The van der Waals surface area contributed by atoms with Crippen LogP contribution >= 0.6 is 11.3 Å². The van der Waals surface area contributed by atoms with E-state index in [2.05, 4.69) is 5.43 Å². The summed E-state index contributed by atoms with van der Waals surface area (Å²) in [5, 5.41) is 12.2. The summed E-state index contributed by atoms with van der Waals surface area (Å²) in [7, 11) is 0. The molecule has 0 bridgehead atoms. The van der Waals surface area contributed by atoms with Crippen molar-refractivity contribution in [2.45, 2.75) is 0 Å². The Hall–Kier alpha value is -3.71. The average molecular weight is 392 g/mol. The number of thiophene rings is 1. The summed E-state index contributed by atoms with van der Waals surface area (Å²) >= 11 is 1.59. The van der Waals surface area contributed by atoms with E-state index in [0.29, 0.717) is 16.8 Å². The van der Waals surface area contributed by atoms with E-state index in [1.165, 1.54) is 12.2 Å². The van der Waals surface area contributed by atoms with Crippen LogP contribution in [0.15, 0.2) is 72.1 Å². The number of aldehydes is 1. The Kier molecular flexibility index (Phi) is 5.98. The standard InChI is InChI=1S/C21H16N2O4S/c24-14-16-5-3-15(4-6-16)7-12-20(25)22-23(21(26)27)18-10-8-17(9-11-18)19-2-1-13-28-19/h1-14H,(H,22,25)(H,26,27). The van der Waals surface area contributed by atoms with Crippen molar-refractivity contribution in [1.29, 1.82) is 0 Å². The van der Waals surface area contributed by atoms with Crippen LogP contribution in [0.4, 0.5) is 10.5 Å². The van der Waals surface area contributed by atoms with Crippen LogP contribution in [0.1, 0.15) is 15.9 Å². The van der Waals surface area contributed by atoms with Gasteiger partial charge < -0.3 is 5.11 Å². The maximum Gasteiger partial charge on any atom is 0.431 e. The molecule has 0 saturated heterocycles. The van der Waals surface area contributed by atoms with E-state index in [0.717, 1.165) is 21.7 Å². The third-order valence-corrected chi connectivity index (χ3v) is 4.76. The van der Waals surface area contributed by atoms with Gasteiger partial charge in [-0.15, -0.1) is 11.3 Å². The number of hydrazine groups is 1. The normalized spacial score (nSPS) is 10.6. The number of nitrogens with zero attached hydrogens (tertiary/aromatic N) is 1. The van der Waals surface area contributed by atoms with Gasteiger partial charge in [-0.3, -0.25) is 15.0 Å². The van der Waals surface area contributed by atoms with Crippen LogP contribution in [0.5, 0.6) is 0 Å². The smallest absolute Gasteiger partial charge is 0.431 e. The summed E-state index contributed by atoms with van der Waals surface area (Å²) in [6, 6.07) is 17.4. The molecule has 7 heteroatoms. The Labute approximate surface area is 165 Å². The molecule has 2 N–H and O–H groups in total. The molecule has 0 saturated carbocycles. The minimum Gasteiger partial charge on any atom is -0.463 e. The topological polar surface area (TPSA) is 86.7 Å². The molecule has 2 aromatic carbocycles. The number of hydrogen-bond acceptors (Lipinski definition) is 4. The van der Waals surface area contributed by atoms with E-state index in [1.807, 2.05) is 17.5 Å². The first-order chi connectivity index (χ1) is 13.6. The predicted molar refractivity (Wildman–Crippen MR) is 109 cm³/mol. The molecule has 1 aromatic heterocycles. The third kappa shape index (κ3) is 4.72. The Morgan fingerprint density at radius 3 is 2.21 bits per heavy atom. The van der Waals surface area contributed by atoms with Crippen molar-refractivity contribution in [1.82, 2.24) is 5.43 Å². The Bertz CT molecular complexity index is 994. The molecule has 0 aliphatic carbocycles. The van der Waals surface area contributed by atoms with Gasteiger partial charge in [0.15, 0.2) is 0 Å². The van der Waals surface area contributed by atoms with Crippen LogP contribution in [-0.2, 0) is 4.79 Å². The van der Waals surface area contributed by atoms with Crippen molar-refractivity contribution < 1.29 is 19.5 Å². The largest absolute Gasteiger partial charge is 0.463 e. The first-order valence-corrected chi connectivity index (χ1v) is 9.16. The van der Waals surface area contributed by atoms with Crippen LogP contribution < -0.4 is 10.4 Å². The Balaban J connectivity index is 1.69. The lowest BCUT2D eigenvalue weighted by molar-refractivity contribution is -0.116. The predicted octanol–water partition coefficient (Wildman–Crippen LogP) is 4.46. The first-order valence-electron chi connectivity index (χ1n) is 8.28. The third-order valence-electron chi connectivity index (χ3n) is 3.84. The molecule has 3 rings (SSSR count). The minimum absolute atomic E-state index is 0.324. The molecule has 0 radical (unpaired) electrons. The lowest BCUT2D eigenvalue weighted by Crippen LogP contribution is -2.45. The molecule has 0 unspecified atom stereocenters. The maximum absolute atomic E-state index is 12.1. The Morgan fingerprint density at radius 2 is 1.64 bits per heavy atom. The van der Waals surface area contributed by atoms with Gasteiger partial charge in [-0.05, 0) is 40.8 Å². The summed E-state index contributed by atoms with van der Waals surface area (Å²) in [5.41, 5.74) is 4.87. The summed E-state index contributed by atoms with van der Waals surface area (Å²) in [6.07, 6.45) is 2.19. The highest BCUT2D eigenvalue weighted by Crippen LogP contribution is 2.26. The zero-order valence-corrected chi connectivity index (χ0v) is 15.4. The van der Waals surface area contributed by atoms with Crippen molar-refractivity contribution in [3.05, 3.63) is 83.2 Å². The quantitative estimate of drug-likeness (QED) is 0.381. The highest BCUT2D eigenvalue weighted by molar-refractivity contribution is 7.13. The number of carbonyl (C=O) groups is 3. The SMILES string of the molecule is O=Cc1ccc(C=CC(=O)NN(C(=O)O)c2ccc(-c3cccs3)cc2)cc1. The second-order valence-electron chi connectivity index (χ2n) is 5.74. The molecule has 0 atom stereocenters. The van der Waals surface area contributed by atoms with E-state index < -0.39 is 12.0 Å². The highest BCUT2D eigenvalue weighted by atomic mass is 32.1. The maximum atomic E-state index is 12.1. The summed E-state index contributed by atoms with van der Waals surface area (Å²) in [5.74, 6) is -0.593. The number of carbonyl (C=O) groups excluding carboxylic acids is 2. The first kappa shape index (κ1) is 19.1. The van der Waals surface area contributed by atoms with E-state index in [9.17, 15) is 19.5 Å². The molecular weight excluding hydrogens is 376 g/mol. The van der Waals surface area contributed by atoms with Crippen molar-refractivity contribution in [3.8, 4) is 10.4 Å². The van der Waals surface area contributed by atoms with Crippen LogP contribution in [-0.4, -0.2) is 23.4 Å². The van der Waals surface area contributed by atoms with E-state index in [4.69, 9.17) is 0 Å². The average Bonchev–Trinajstić information content (AvgIpc) is 3.26. The lowest BCUT2D eigenvalue weighted by atomic mass is 10.1. The van der Waals surface area contributed by atoms with E-state index in [1.54, 1.807) is 59.9 Å². The van der Waals surface area contributed by atoms with Crippen LogP contribution in [0.25, 0.3) is 16.5 Å². The molecule has 6 nitrogen and oxygen atoms in total. The monoisotopic (exact) mass is 392 g/mol. The second kappa shape index (κ2) is 8.79. The highest BCUT2D eigenvalue weighted by Gasteiger charge is 2.16. The van der Waals surface area contributed by atoms with Gasteiger partial charge in [-0.25, -0.2) is 4.79 Å². The van der Waals surface area contributed by atoms with Crippen molar-refractivity contribution in [2.75, 3.05) is 5.01 Å². The van der Waals surface area contributed by atoms with Gasteiger partial charge in [0.2, 0.25) is 0 Å². The number of hydrogen-bond donors (Lipinski definition) is 2. The van der Waals surface area contributed by atoms with Gasteiger partial charge in [0.1, 0.15) is 6.29 Å². The number of benzene rings is 2. The van der Waals surface area contributed by atoms with Gasteiger partial charge in [0.25, 0.3) is 5.91 Å². The fourth-order valence-corrected chi connectivity index (χ4v) is 3.18. The zero-order chi connectivity index (χ0) is 19.9. The van der Waals surface area contributed by atoms with Crippen molar-refractivity contribution in [3.63, 3.8) is 0 Å². The molecular formula is C21H16N2O4S. The van der Waals surface area contributed by atoms with Crippen LogP contribution in [0.3, 0.4) is 0 Å². The molecule has 140 valence electrons. The van der Waals surface area contributed by atoms with Crippen LogP contribution in [0.2, 0.25) is 0 Å². The Morgan fingerprint density at radius 1 is 0.964 bits per heavy atom. The second-order valence-corrected chi connectivity index (χ2v) is 6.68. The van der Waals surface area contributed by atoms with E-state index >= 15 is 0 Å². The summed E-state index contributed by atoms with van der Waals surface area (Å²) in [6.45, 7) is 0. The van der Waals surface area contributed by atoms with Gasteiger partial charge in [0.05, 0.1) is 5.69 Å². The molecule has 0 fully saturated rings. The van der Waals surface area contributed by atoms with Gasteiger partial charge >= 0.3 is 6.09 Å².